The van der Waals surface area contributed by atoms with E-state index in [1.54, 1.807) is 0 Å². The van der Waals surface area contributed by atoms with Gasteiger partial charge in [-0.25, -0.2) is 0 Å². The molecule has 0 bridgehead atoms. The van der Waals surface area contributed by atoms with Crippen LogP contribution in [0.4, 0.5) is 0 Å². The first-order chi connectivity index (χ1) is 9.31. The normalized spacial score (nSPS) is 38.1. The van der Waals surface area contributed by atoms with E-state index in [1.807, 2.05) is 0 Å². The summed E-state index contributed by atoms with van der Waals surface area (Å²) in [7, 11) is 0. The van der Waals surface area contributed by atoms with E-state index >= 15 is 0 Å². The lowest BCUT2D eigenvalue weighted by Gasteiger charge is -2.48. The van der Waals surface area contributed by atoms with Gasteiger partial charge in [0.1, 0.15) is 0 Å². The zero-order valence-corrected chi connectivity index (χ0v) is 12.7. The first-order valence-electron chi connectivity index (χ1n) is 8.48. The van der Waals surface area contributed by atoms with Crippen LogP contribution in [-0.2, 0) is 0 Å². The molecule has 110 valence electrons. The Morgan fingerprint density at radius 2 is 2.11 bits per heavy atom. The lowest BCUT2D eigenvalue weighted by Crippen LogP contribution is -2.57. The number of rotatable bonds is 3. The van der Waals surface area contributed by atoms with Crippen molar-refractivity contribution in [2.45, 2.75) is 51.5 Å². The molecule has 0 aliphatic carbocycles. The zero-order chi connectivity index (χ0) is 13.1. The van der Waals surface area contributed by atoms with Gasteiger partial charge in [-0.05, 0) is 50.6 Å². The fourth-order valence-electron chi connectivity index (χ4n) is 4.42. The van der Waals surface area contributed by atoms with Crippen LogP contribution in [0.1, 0.15) is 45.4 Å². The minimum absolute atomic E-state index is 0.565. The van der Waals surface area contributed by atoms with Crippen molar-refractivity contribution < 1.29 is 0 Å². The molecule has 3 saturated heterocycles. The van der Waals surface area contributed by atoms with Gasteiger partial charge in [0.25, 0.3) is 0 Å². The molecule has 3 heterocycles. The van der Waals surface area contributed by atoms with Gasteiger partial charge < -0.3 is 5.32 Å². The highest BCUT2D eigenvalue weighted by molar-refractivity contribution is 4.91. The summed E-state index contributed by atoms with van der Waals surface area (Å²) in [6, 6.07) is 0.868. The van der Waals surface area contributed by atoms with Crippen LogP contribution in [0.5, 0.6) is 0 Å². The van der Waals surface area contributed by atoms with Gasteiger partial charge in [-0.3, -0.25) is 9.80 Å². The summed E-state index contributed by atoms with van der Waals surface area (Å²) in [5, 5.41) is 3.64. The molecule has 0 aromatic carbocycles. The van der Waals surface area contributed by atoms with E-state index in [2.05, 4.69) is 22.0 Å². The number of piperidine rings is 2. The molecule has 3 aliphatic heterocycles. The molecule has 3 fully saturated rings. The Kier molecular flexibility index (Phi) is 4.45. The smallest absolute Gasteiger partial charge is 0.0223 e. The number of nitrogens with zero attached hydrogens (tertiary/aromatic N) is 2. The van der Waals surface area contributed by atoms with Crippen LogP contribution >= 0.6 is 0 Å². The maximum atomic E-state index is 3.64. The molecule has 3 aliphatic rings. The number of hydrogen-bond donors (Lipinski definition) is 1. The summed E-state index contributed by atoms with van der Waals surface area (Å²) >= 11 is 0. The highest BCUT2D eigenvalue weighted by Gasteiger charge is 2.35. The third-order valence-corrected chi connectivity index (χ3v) is 5.79. The van der Waals surface area contributed by atoms with Crippen molar-refractivity contribution in [1.82, 2.24) is 15.1 Å². The molecule has 19 heavy (non-hydrogen) atoms. The minimum atomic E-state index is 0.565. The molecular weight excluding hydrogens is 234 g/mol. The zero-order valence-electron chi connectivity index (χ0n) is 12.7. The van der Waals surface area contributed by atoms with Crippen molar-refractivity contribution in [3.63, 3.8) is 0 Å². The van der Waals surface area contributed by atoms with Gasteiger partial charge in [0.2, 0.25) is 0 Å². The maximum absolute atomic E-state index is 3.64. The molecule has 3 rings (SSSR count). The third-order valence-electron chi connectivity index (χ3n) is 5.79. The van der Waals surface area contributed by atoms with Crippen molar-refractivity contribution in [3.8, 4) is 0 Å². The van der Waals surface area contributed by atoms with Gasteiger partial charge >= 0.3 is 0 Å². The Morgan fingerprint density at radius 1 is 1.16 bits per heavy atom. The number of fused-ring (bicyclic) bond motifs is 1. The largest absolute Gasteiger partial charge is 0.316 e. The predicted molar refractivity (Wildman–Crippen MR) is 80.5 cm³/mol. The standard InChI is InChI=1S/C16H31N3/c1-2-16(7-5-8-17-13-16)14-18-10-11-19-9-4-3-6-15(19)12-18/h15,17H,2-14H2,1H3. The van der Waals surface area contributed by atoms with Crippen molar-refractivity contribution in [3.05, 3.63) is 0 Å². The van der Waals surface area contributed by atoms with Gasteiger partial charge in [-0.15, -0.1) is 0 Å². The maximum Gasteiger partial charge on any atom is 0.0223 e. The first-order valence-corrected chi connectivity index (χ1v) is 8.48. The lowest BCUT2D eigenvalue weighted by atomic mass is 9.77. The fraction of sp³-hybridized carbons (Fsp3) is 1.00. The van der Waals surface area contributed by atoms with Crippen LogP contribution in [0.2, 0.25) is 0 Å². The van der Waals surface area contributed by atoms with E-state index in [1.165, 1.54) is 84.3 Å². The number of hydrogen-bond acceptors (Lipinski definition) is 3. The van der Waals surface area contributed by atoms with Gasteiger partial charge in [-0.1, -0.05) is 13.3 Å². The number of piperazine rings is 1. The van der Waals surface area contributed by atoms with Crippen molar-refractivity contribution in [2.75, 3.05) is 45.8 Å². The highest BCUT2D eigenvalue weighted by Crippen LogP contribution is 2.32. The molecule has 0 amide bonds. The number of nitrogens with one attached hydrogen (secondary N) is 1. The van der Waals surface area contributed by atoms with E-state index in [0.29, 0.717) is 5.41 Å². The predicted octanol–water partition coefficient (Wildman–Crippen LogP) is 1.94. The molecular formula is C16H31N3. The molecule has 0 saturated carbocycles. The molecule has 0 aromatic heterocycles. The van der Waals surface area contributed by atoms with Gasteiger partial charge in [0, 0.05) is 38.8 Å². The summed E-state index contributed by atoms with van der Waals surface area (Å²) in [4.78, 5) is 5.53. The molecule has 2 atom stereocenters. The van der Waals surface area contributed by atoms with Crippen molar-refractivity contribution in [1.29, 1.82) is 0 Å². The van der Waals surface area contributed by atoms with E-state index in [-0.39, 0.29) is 0 Å². The Hall–Kier alpha value is -0.120. The summed E-state index contributed by atoms with van der Waals surface area (Å²) < 4.78 is 0. The molecule has 0 radical (unpaired) electrons. The van der Waals surface area contributed by atoms with Crippen LogP contribution in [-0.4, -0.2) is 61.7 Å². The van der Waals surface area contributed by atoms with E-state index in [0.717, 1.165) is 6.04 Å². The van der Waals surface area contributed by atoms with E-state index in [9.17, 15) is 0 Å². The average Bonchev–Trinajstić information content (AvgIpc) is 2.48. The minimum Gasteiger partial charge on any atom is -0.316 e. The van der Waals surface area contributed by atoms with Crippen LogP contribution in [0.25, 0.3) is 0 Å². The van der Waals surface area contributed by atoms with Gasteiger partial charge in [0.05, 0.1) is 0 Å². The Morgan fingerprint density at radius 3 is 2.89 bits per heavy atom. The molecule has 1 N–H and O–H groups in total. The summed E-state index contributed by atoms with van der Waals surface area (Å²) in [6.45, 7) is 11.5. The molecule has 0 aromatic rings. The molecule has 3 nitrogen and oxygen atoms in total. The summed E-state index contributed by atoms with van der Waals surface area (Å²) in [5.74, 6) is 0. The second-order valence-electron chi connectivity index (χ2n) is 7.05. The Labute approximate surface area is 118 Å². The third kappa shape index (κ3) is 3.14. The topological polar surface area (TPSA) is 18.5 Å². The fourth-order valence-corrected chi connectivity index (χ4v) is 4.42. The monoisotopic (exact) mass is 265 g/mol. The van der Waals surface area contributed by atoms with Crippen LogP contribution in [0.15, 0.2) is 0 Å². The van der Waals surface area contributed by atoms with E-state index in [4.69, 9.17) is 0 Å². The van der Waals surface area contributed by atoms with Gasteiger partial charge in [-0.2, -0.15) is 0 Å². The Bertz CT molecular complexity index is 286. The SMILES string of the molecule is CCC1(CN2CCN3CCCCC3C2)CCCNC1. The lowest BCUT2D eigenvalue weighted by molar-refractivity contribution is 0.0183. The highest BCUT2D eigenvalue weighted by atomic mass is 15.3. The molecule has 2 unspecified atom stereocenters. The second-order valence-corrected chi connectivity index (χ2v) is 7.05. The summed E-state index contributed by atoms with van der Waals surface area (Å²) in [5.41, 5.74) is 0.565. The average molecular weight is 265 g/mol. The molecule has 3 heteroatoms. The first kappa shape index (κ1) is 13.8. The van der Waals surface area contributed by atoms with Crippen LogP contribution < -0.4 is 5.32 Å². The van der Waals surface area contributed by atoms with Gasteiger partial charge in [0.15, 0.2) is 0 Å². The van der Waals surface area contributed by atoms with Crippen molar-refractivity contribution >= 4 is 0 Å². The van der Waals surface area contributed by atoms with Crippen LogP contribution in [0.3, 0.4) is 0 Å². The Balaban J connectivity index is 1.57. The quantitative estimate of drug-likeness (QED) is 0.841. The second kappa shape index (κ2) is 6.11. The molecule has 0 spiro atoms. The van der Waals surface area contributed by atoms with Crippen molar-refractivity contribution in [2.24, 2.45) is 5.41 Å². The summed E-state index contributed by atoms with van der Waals surface area (Å²) in [6.07, 6.45) is 8.46. The van der Waals surface area contributed by atoms with E-state index < -0.39 is 0 Å². The van der Waals surface area contributed by atoms with Crippen LogP contribution in [0, 0.1) is 5.41 Å².